The molecule has 1 unspecified atom stereocenters. The third-order valence-corrected chi connectivity index (χ3v) is 3.03. The van der Waals surface area contributed by atoms with Crippen LogP contribution in [0.2, 0.25) is 0 Å². The highest BCUT2D eigenvalue weighted by atomic mass is 16.2. The minimum Gasteiger partial charge on any atom is -0.303 e. The molecule has 0 saturated carbocycles. The van der Waals surface area contributed by atoms with E-state index in [1.54, 1.807) is 0 Å². The first kappa shape index (κ1) is 12.9. The van der Waals surface area contributed by atoms with Crippen LogP contribution in [0.15, 0.2) is 0 Å². The average Bonchev–Trinajstić information content (AvgIpc) is 2.55. The second kappa shape index (κ2) is 6.40. The maximum Gasteiger partial charge on any atom is 0.232 e. The van der Waals surface area contributed by atoms with E-state index < -0.39 is 0 Å². The molecule has 0 aromatic rings. The van der Waals surface area contributed by atoms with Crippen molar-refractivity contribution in [1.29, 1.82) is 0 Å². The van der Waals surface area contributed by atoms with Gasteiger partial charge in [0.2, 0.25) is 11.8 Å². The molecule has 0 aromatic carbocycles. The van der Waals surface area contributed by atoms with Crippen molar-refractivity contribution in [3.8, 4) is 0 Å². The van der Waals surface area contributed by atoms with Gasteiger partial charge < -0.3 is 4.79 Å². The van der Waals surface area contributed by atoms with Crippen LogP contribution in [-0.4, -0.2) is 29.5 Å². The Labute approximate surface area is 96.0 Å². The molecule has 2 amide bonds. The molecule has 1 heterocycles. The summed E-state index contributed by atoms with van der Waals surface area (Å²) in [6.45, 7) is 2.45. The number of hydrogen-bond acceptors (Lipinski definition) is 3. The van der Waals surface area contributed by atoms with E-state index in [1.807, 2.05) is 6.92 Å². The summed E-state index contributed by atoms with van der Waals surface area (Å²) in [6, 6.07) is 0. The SMILES string of the molecule is CCC1CC(=O)N(CCCCCC=O)C1=O. The van der Waals surface area contributed by atoms with Gasteiger partial charge in [0.1, 0.15) is 6.29 Å². The van der Waals surface area contributed by atoms with Crippen LogP contribution >= 0.6 is 0 Å². The van der Waals surface area contributed by atoms with Crippen LogP contribution < -0.4 is 0 Å². The van der Waals surface area contributed by atoms with Crippen LogP contribution in [0.3, 0.4) is 0 Å². The van der Waals surface area contributed by atoms with E-state index in [1.165, 1.54) is 4.90 Å². The van der Waals surface area contributed by atoms with Crippen molar-refractivity contribution < 1.29 is 14.4 Å². The highest BCUT2D eigenvalue weighted by molar-refractivity contribution is 6.03. The fraction of sp³-hybridized carbons (Fsp3) is 0.750. The lowest BCUT2D eigenvalue weighted by molar-refractivity contribution is -0.139. The van der Waals surface area contributed by atoms with E-state index in [9.17, 15) is 14.4 Å². The number of carbonyl (C=O) groups excluding carboxylic acids is 3. The standard InChI is InChI=1S/C12H19NO3/c1-2-10-9-11(15)13(12(10)16)7-5-3-4-6-8-14/h8,10H,2-7,9H2,1H3. The number of amides is 2. The maximum absolute atomic E-state index is 11.7. The van der Waals surface area contributed by atoms with Gasteiger partial charge in [-0.2, -0.15) is 0 Å². The second-order valence-electron chi connectivity index (χ2n) is 4.21. The molecule has 0 aliphatic carbocycles. The van der Waals surface area contributed by atoms with Crippen LogP contribution in [0, 0.1) is 5.92 Å². The summed E-state index contributed by atoms with van der Waals surface area (Å²) in [4.78, 5) is 34.7. The summed E-state index contributed by atoms with van der Waals surface area (Å²) in [5.74, 6) is -0.141. The Morgan fingerprint density at radius 3 is 2.62 bits per heavy atom. The molecule has 90 valence electrons. The Hall–Kier alpha value is -1.19. The average molecular weight is 225 g/mol. The highest BCUT2D eigenvalue weighted by Crippen LogP contribution is 2.22. The fourth-order valence-corrected chi connectivity index (χ4v) is 1.98. The predicted octanol–water partition coefficient (Wildman–Crippen LogP) is 1.53. The van der Waals surface area contributed by atoms with Crippen molar-refractivity contribution in [2.75, 3.05) is 6.54 Å². The van der Waals surface area contributed by atoms with Crippen LogP contribution in [0.25, 0.3) is 0 Å². The lowest BCUT2D eigenvalue weighted by Crippen LogP contribution is -2.31. The van der Waals surface area contributed by atoms with Gasteiger partial charge >= 0.3 is 0 Å². The molecular formula is C12H19NO3. The zero-order valence-electron chi connectivity index (χ0n) is 9.78. The summed E-state index contributed by atoms with van der Waals surface area (Å²) >= 11 is 0. The molecule has 0 bridgehead atoms. The van der Waals surface area contributed by atoms with Gasteiger partial charge in [-0.1, -0.05) is 13.3 Å². The normalized spacial score (nSPS) is 20.6. The number of hydrogen-bond donors (Lipinski definition) is 0. The van der Waals surface area contributed by atoms with Crippen molar-refractivity contribution in [3.05, 3.63) is 0 Å². The van der Waals surface area contributed by atoms with Crippen molar-refractivity contribution in [3.63, 3.8) is 0 Å². The van der Waals surface area contributed by atoms with Gasteiger partial charge in [-0.15, -0.1) is 0 Å². The Morgan fingerprint density at radius 2 is 2.06 bits per heavy atom. The van der Waals surface area contributed by atoms with Crippen molar-refractivity contribution in [1.82, 2.24) is 4.90 Å². The first-order chi connectivity index (χ1) is 7.70. The molecule has 4 nitrogen and oxygen atoms in total. The monoisotopic (exact) mass is 225 g/mol. The quantitative estimate of drug-likeness (QED) is 0.375. The van der Waals surface area contributed by atoms with E-state index in [-0.39, 0.29) is 17.7 Å². The maximum atomic E-state index is 11.7. The number of imide groups is 1. The minimum absolute atomic E-state index is 0.0112. The van der Waals surface area contributed by atoms with E-state index in [4.69, 9.17) is 0 Å². The molecule has 4 heteroatoms. The number of rotatable bonds is 7. The van der Waals surface area contributed by atoms with E-state index in [0.717, 1.165) is 32.0 Å². The Morgan fingerprint density at radius 1 is 1.31 bits per heavy atom. The van der Waals surface area contributed by atoms with E-state index in [0.29, 0.717) is 19.4 Å². The summed E-state index contributed by atoms with van der Waals surface area (Å²) in [7, 11) is 0. The highest BCUT2D eigenvalue weighted by Gasteiger charge is 2.36. The Bertz CT molecular complexity index is 275. The number of nitrogens with zero attached hydrogens (tertiary/aromatic N) is 1. The van der Waals surface area contributed by atoms with Crippen LogP contribution in [0.1, 0.15) is 45.4 Å². The first-order valence-electron chi connectivity index (χ1n) is 5.98. The number of carbonyl (C=O) groups is 3. The van der Waals surface area contributed by atoms with Gasteiger partial charge in [-0.25, -0.2) is 0 Å². The fourth-order valence-electron chi connectivity index (χ4n) is 1.98. The Kier molecular flexibility index (Phi) is 5.15. The van der Waals surface area contributed by atoms with Crippen molar-refractivity contribution in [2.24, 2.45) is 5.92 Å². The molecule has 16 heavy (non-hydrogen) atoms. The van der Waals surface area contributed by atoms with E-state index >= 15 is 0 Å². The molecule has 1 aliphatic rings. The third-order valence-electron chi connectivity index (χ3n) is 3.03. The molecule has 1 aliphatic heterocycles. The molecule has 1 rings (SSSR count). The molecule has 0 spiro atoms. The summed E-state index contributed by atoms with van der Waals surface area (Å²) in [5.41, 5.74) is 0. The minimum atomic E-state index is -0.0949. The third kappa shape index (κ3) is 3.15. The second-order valence-corrected chi connectivity index (χ2v) is 4.21. The van der Waals surface area contributed by atoms with Crippen LogP contribution in [0.4, 0.5) is 0 Å². The number of unbranched alkanes of at least 4 members (excludes halogenated alkanes) is 3. The molecule has 0 N–H and O–H groups in total. The summed E-state index contributed by atoms with van der Waals surface area (Å²) in [5, 5.41) is 0. The van der Waals surface area contributed by atoms with Gasteiger partial charge in [0.05, 0.1) is 0 Å². The van der Waals surface area contributed by atoms with Gasteiger partial charge in [-0.05, 0) is 19.3 Å². The summed E-state index contributed by atoms with van der Waals surface area (Å²) in [6.07, 6.45) is 5.14. The Balaban J connectivity index is 2.28. The van der Waals surface area contributed by atoms with Crippen molar-refractivity contribution in [2.45, 2.75) is 45.4 Å². The van der Waals surface area contributed by atoms with Gasteiger partial charge in [0.25, 0.3) is 0 Å². The predicted molar refractivity (Wildman–Crippen MR) is 59.7 cm³/mol. The molecular weight excluding hydrogens is 206 g/mol. The van der Waals surface area contributed by atoms with E-state index in [2.05, 4.69) is 0 Å². The molecule has 1 fully saturated rings. The lowest BCUT2D eigenvalue weighted by Gasteiger charge is -2.14. The summed E-state index contributed by atoms with van der Waals surface area (Å²) < 4.78 is 0. The first-order valence-corrected chi connectivity index (χ1v) is 5.98. The lowest BCUT2D eigenvalue weighted by atomic mass is 10.1. The molecule has 0 aromatic heterocycles. The van der Waals surface area contributed by atoms with Crippen LogP contribution in [0.5, 0.6) is 0 Å². The topological polar surface area (TPSA) is 54.5 Å². The van der Waals surface area contributed by atoms with Gasteiger partial charge in [0.15, 0.2) is 0 Å². The zero-order chi connectivity index (χ0) is 12.0. The van der Waals surface area contributed by atoms with Crippen LogP contribution in [-0.2, 0) is 14.4 Å². The largest absolute Gasteiger partial charge is 0.303 e. The molecule has 1 saturated heterocycles. The molecule has 0 radical (unpaired) electrons. The number of aldehydes is 1. The van der Waals surface area contributed by atoms with Gasteiger partial charge in [0, 0.05) is 25.3 Å². The van der Waals surface area contributed by atoms with Crippen molar-refractivity contribution >= 4 is 18.1 Å². The molecule has 1 atom stereocenters. The zero-order valence-corrected chi connectivity index (χ0v) is 9.78. The van der Waals surface area contributed by atoms with Gasteiger partial charge in [-0.3, -0.25) is 14.5 Å². The smallest absolute Gasteiger partial charge is 0.232 e. The number of likely N-dealkylation sites (tertiary alicyclic amines) is 1.